The van der Waals surface area contributed by atoms with Crippen LogP contribution in [0.25, 0.3) is 11.0 Å². The summed E-state index contributed by atoms with van der Waals surface area (Å²) in [6, 6.07) is 0. The predicted molar refractivity (Wildman–Crippen MR) is 112 cm³/mol. The van der Waals surface area contributed by atoms with E-state index < -0.39 is 11.4 Å². The number of nitrogens with zero attached hydrogens (tertiary/aromatic N) is 5. The van der Waals surface area contributed by atoms with Gasteiger partial charge in [-0.05, 0) is 13.3 Å². The molecule has 1 N–H and O–H groups in total. The summed E-state index contributed by atoms with van der Waals surface area (Å²) >= 11 is 5.48. The average Bonchev–Trinajstić information content (AvgIpc) is 2.72. The number of piperazine rings is 1. The molecule has 0 aliphatic carbocycles. The summed E-state index contributed by atoms with van der Waals surface area (Å²) in [5.74, 6) is -0.712. The number of anilines is 1. The van der Waals surface area contributed by atoms with Crippen molar-refractivity contribution in [3.63, 3.8) is 0 Å². The van der Waals surface area contributed by atoms with E-state index >= 15 is 0 Å². The summed E-state index contributed by atoms with van der Waals surface area (Å²) in [5, 5.41) is 9.46. The van der Waals surface area contributed by atoms with E-state index in [1.54, 1.807) is 4.57 Å². The second-order valence-corrected chi connectivity index (χ2v) is 7.04. The second-order valence-electron chi connectivity index (χ2n) is 6.57. The summed E-state index contributed by atoms with van der Waals surface area (Å²) in [7, 11) is 0. The van der Waals surface area contributed by atoms with Gasteiger partial charge < -0.3 is 19.5 Å². The number of hydrogen-bond donors (Lipinski definition) is 1. The van der Waals surface area contributed by atoms with E-state index in [-0.39, 0.29) is 10.9 Å². The zero-order valence-electron chi connectivity index (χ0n) is 15.8. The Kier molecular flexibility index (Phi) is 6.03. The van der Waals surface area contributed by atoms with Crippen LogP contribution in [0.4, 0.5) is 5.95 Å². The Morgan fingerprint density at radius 2 is 2.07 bits per heavy atom. The molecule has 1 saturated heterocycles. The van der Waals surface area contributed by atoms with Crippen molar-refractivity contribution >= 4 is 40.2 Å². The van der Waals surface area contributed by atoms with E-state index in [4.69, 9.17) is 12.2 Å². The van der Waals surface area contributed by atoms with Gasteiger partial charge in [-0.2, -0.15) is 4.98 Å². The third kappa shape index (κ3) is 3.89. The normalized spacial score (nSPS) is 14.3. The summed E-state index contributed by atoms with van der Waals surface area (Å²) in [4.78, 5) is 37.8. The Morgan fingerprint density at radius 3 is 2.68 bits per heavy atom. The molecular formula is C19H23N5O3S. The van der Waals surface area contributed by atoms with E-state index in [2.05, 4.69) is 26.3 Å². The van der Waals surface area contributed by atoms with Gasteiger partial charge in [0, 0.05) is 51.5 Å². The number of aromatic nitrogens is 3. The molecule has 3 heterocycles. The fourth-order valence-corrected chi connectivity index (χ4v) is 3.55. The van der Waals surface area contributed by atoms with E-state index in [0.29, 0.717) is 18.1 Å². The summed E-state index contributed by atoms with van der Waals surface area (Å²) in [6.45, 7) is 9.13. The number of aromatic carboxylic acids is 1. The molecule has 0 unspecified atom stereocenters. The van der Waals surface area contributed by atoms with Crippen molar-refractivity contribution in [2.75, 3.05) is 31.1 Å². The average molecular weight is 401 g/mol. The molecule has 8 nitrogen and oxygen atoms in total. The lowest BCUT2D eigenvalue weighted by molar-refractivity contribution is 0.0695. The third-order valence-corrected chi connectivity index (χ3v) is 5.31. The molecule has 0 radical (unpaired) electrons. The highest BCUT2D eigenvalue weighted by molar-refractivity contribution is 7.80. The van der Waals surface area contributed by atoms with Gasteiger partial charge in [0.15, 0.2) is 0 Å². The molecule has 1 aliphatic rings. The first-order valence-corrected chi connectivity index (χ1v) is 9.64. The molecular weight excluding hydrogens is 378 g/mol. The van der Waals surface area contributed by atoms with Crippen LogP contribution >= 0.6 is 12.2 Å². The van der Waals surface area contributed by atoms with E-state index in [1.165, 1.54) is 12.4 Å². The van der Waals surface area contributed by atoms with Gasteiger partial charge in [-0.25, -0.2) is 9.78 Å². The minimum absolute atomic E-state index is 0.217. The molecule has 0 aromatic carbocycles. The first-order chi connectivity index (χ1) is 13.5. The van der Waals surface area contributed by atoms with Crippen molar-refractivity contribution < 1.29 is 9.90 Å². The minimum atomic E-state index is -1.25. The molecule has 0 atom stereocenters. The van der Waals surface area contributed by atoms with Crippen molar-refractivity contribution in [3.8, 4) is 0 Å². The number of pyridine rings is 1. The van der Waals surface area contributed by atoms with Gasteiger partial charge in [0.1, 0.15) is 11.2 Å². The van der Waals surface area contributed by atoms with Gasteiger partial charge in [-0.1, -0.05) is 18.3 Å². The molecule has 0 saturated carbocycles. The van der Waals surface area contributed by atoms with Gasteiger partial charge >= 0.3 is 5.97 Å². The van der Waals surface area contributed by atoms with Crippen molar-refractivity contribution in [3.05, 3.63) is 40.8 Å². The number of fused-ring (bicyclic) bond motifs is 1. The zero-order valence-corrected chi connectivity index (χ0v) is 16.6. The maximum absolute atomic E-state index is 12.4. The van der Waals surface area contributed by atoms with Gasteiger partial charge in [0.25, 0.3) is 0 Å². The number of allylic oxidation sites excluding steroid dienone is 1. The molecule has 2 aromatic rings. The lowest BCUT2D eigenvalue weighted by Crippen LogP contribution is -2.48. The molecule has 148 valence electrons. The molecule has 28 heavy (non-hydrogen) atoms. The van der Waals surface area contributed by atoms with Crippen LogP contribution in [0.3, 0.4) is 0 Å². The number of rotatable bonds is 6. The fourth-order valence-electron chi connectivity index (χ4n) is 3.25. The van der Waals surface area contributed by atoms with Crippen molar-refractivity contribution in [2.24, 2.45) is 0 Å². The molecule has 2 aromatic heterocycles. The number of carboxylic acids is 1. The van der Waals surface area contributed by atoms with Crippen molar-refractivity contribution in [1.29, 1.82) is 0 Å². The number of thiocarbonyl (C=S) groups is 1. The third-order valence-electron chi connectivity index (χ3n) is 4.85. The van der Waals surface area contributed by atoms with Gasteiger partial charge in [0.2, 0.25) is 11.4 Å². The highest BCUT2D eigenvalue weighted by atomic mass is 32.1. The number of carboxylic acid groups (broad SMARTS) is 1. The Bertz CT molecular complexity index is 979. The van der Waals surface area contributed by atoms with Crippen LogP contribution in [-0.4, -0.2) is 61.7 Å². The SMILES string of the molecule is C=CCCC(=S)N1CCN(c2ncc3c(=O)c(C(=O)O)cn(CC)c3n2)CC1. The van der Waals surface area contributed by atoms with E-state index in [0.717, 1.165) is 44.0 Å². The number of hydrogen-bond acceptors (Lipinski definition) is 6. The molecule has 3 rings (SSSR count). The van der Waals surface area contributed by atoms with Crippen molar-refractivity contribution in [2.45, 2.75) is 26.3 Å². The minimum Gasteiger partial charge on any atom is -0.477 e. The van der Waals surface area contributed by atoms with Crippen LogP contribution in [0.15, 0.2) is 29.8 Å². The van der Waals surface area contributed by atoms with Crippen molar-refractivity contribution in [1.82, 2.24) is 19.4 Å². The zero-order chi connectivity index (χ0) is 20.3. The predicted octanol–water partition coefficient (Wildman–Crippen LogP) is 1.93. The quantitative estimate of drug-likeness (QED) is 0.580. The van der Waals surface area contributed by atoms with E-state index in [1.807, 2.05) is 13.0 Å². The molecule has 0 bridgehead atoms. The molecule has 1 aliphatic heterocycles. The van der Waals surface area contributed by atoms with Crippen LogP contribution < -0.4 is 10.3 Å². The Hall–Kier alpha value is -2.81. The summed E-state index contributed by atoms with van der Waals surface area (Å²) in [5.41, 5.74) is -0.380. The highest BCUT2D eigenvalue weighted by Gasteiger charge is 2.22. The Labute approximate surface area is 168 Å². The smallest absolute Gasteiger partial charge is 0.341 e. The molecule has 0 spiro atoms. The Balaban J connectivity index is 1.85. The monoisotopic (exact) mass is 401 g/mol. The Morgan fingerprint density at radius 1 is 1.36 bits per heavy atom. The van der Waals surface area contributed by atoms with Gasteiger partial charge in [-0.3, -0.25) is 4.79 Å². The van der Waals surface area contributed by atoms with Crippen LogP contribution in [-0.2, 0) is 6.54 Å². The maximum Gasteiger partial charge on any atom is 0.341 e. The molecule has 0 amide bonds. The van der Waals surface area contributed by atoms with E-state index in [9.17, 15) is 14.7 Å². The highest BCUT2D eigenvalue weighted by Crippen LogP contribution is 2.17. The number of carbonyl (C=O) groups is 1. The maximum atomic E-state index is 12.4. The molecule has 1 fully saturated rings. The van der Waals surface area contributed by atoms with Crippen LogP contribution in [0.1, 0.15) is 30.1 Å². The van der Waals surface area contributed by atoms with Crippen LogP contribution in [0.5, 0.6) is 0 Å². The lowest BCUT2D eigenvalue weighted by Gasteiger charge is -2.36. The van der Waals surface area contributed by atoms with Gasteiger partial charge in [0.05, 0.1) is 10.4 Å². The fraction of sp³-hybridized carbons (Fsp3) is 0.421. The summed E-state index contributed by atoms with van der Waals surface area (Å²) < 4.78 is 1.67. The first-order valence-electron chi connectivity index (χ1n) is 9.23. The first kappa shape index (κ1) is 19.9. The number of aryl methyl sites for hydroxylation is 1. The standard InChI is InChI=1S/C19H23N5O3S/c1-3-5-6-15(28)23-7-9-24(10-8-23)19-20-11-13-16(25)14(18(26)27)12-22(4-2)17(13)21-19/h3,11-12H,1,4-10H2,2H3,(H,26,27). The largest absolute Gasteiger partial charge is 0.477 e. The molecule has 9 heteroatoms. The van der Waals surface area contributed by atoms with Crippen LogP contribution in [0, 0.1) is 0 Å². The van der Waals surface area contributed by atoms with Gasteiger partial charge in [-0.15, -0.1) is 6.58 Å². The summed E-state index contributed by atoms with van der Waals surface area (Å²) in [6.07, 6.45) is 6.35. The topological polar surface area (TPSA) is 91.6 Å². The second kappa shape index (κ2) is 8.47. The van der Waals surface area contributed by atoms with Crippen LogP contribution in [0.2, 0.25) is 0 Å². The lowest BCUT2D eigenvalue weighted by atomic mass is 10.2.